The van der Waals surface area contributed by atoms with Crippen molar-refractivity contribution in [3.05, 3.63) is 29.8 Å². The molecular formula is C25H38N4O7S. The third kappa shape index (κ3) is 12.0. The van der Waals surface area contributed by atoms with Gasteiger partial charge in [0, 0.05) is 50.4 Å². The molecule has 37 heavy (non-hydrogen) atoms. The van der Waals surface area contributed by atoms with Gasteiger partial charge < -0.3 is 25.4 Å². The zero-order valence-corrected chi connectivity index (χ0v) is 22.3. The van der Waals surface area contributed by atoms with Crippen LogP contribution in [0.1, 0.15) is 19.4 Å². The van der Waals surface area contributed by atoms with Crippen molar-refractivity contribution >= 4 is 40.8 Å². The highest BCUT2D eigenvalue weighted by atomic mass is 32.1. The number of carboxylic acids is 3. The molecule has 11 nitrogen and oxygen atoms in total. The summed E-state index contributed by atoms with van der Waals surface area (Å²) in [6.07, 6.45) is 0.497. The van der Waals surface area contributed by atoms with E-state index < -0.39 is 17.9 Å². The van der Waals surface area contributed by atoms with Gasteiger partial charge in [0.25, 0.3) is 0 Å². The summed E-state index contributed by atoms with van der Waals surface area (Å²) >= 11 is 5.36. The summed E-state index contributed by atoms with van der Waals surface area (Å²) in [5.74, 6) is -2.73. The zero-order valence-electron chi connectivity index (χ0n) is 21.5. The SMILES string of the molecule is CC(C)C(=S)Nc1ccc(CC2CN(CC(=O)O)CCN(CC(=O)O)CCOCCN2CC(=O)O)cc1. The second-order valence-electron chi connectivity index (χ2n) is 9.47. The van der Waals surface area contributed by atoms with E-state index in [1.807, 2.05) is 43.0 Å². The Morgan fingerprint density at radius 2 is 1.49 bits per heavy atom. The molecule has 0 aromatic heterocycles. The first kappa shape index (κ1) is 30.6. The maximum Gasteiger partial charge on any atom is 0.317 e. The molecule has 0 aliphatic carbocycles. The maximum absolute atomic E-state index is 11.7. The summed E-state index contributed by atoms with van der Waals surface area (Å²) in [6.45, 7) is 5.70. The Bertz CT molecular complexity index is 913. The van der Waals surface area contributed by atoms with Crippen molar-refractivity contribution in [1.29, 1.82) is 0 Å². The fraction of sp³-hybridized carbons (Fsp3) is 0.600. The van der Waals surface area contributed by atoms with Crippen molar-refractivity contribution in [2.24, 2.45) is 5.92 Å². The Balaban J connectivity index is 2.26. The molecule has 1 aromatic rings. The monoisotopic (exact) mass is 538 g/mol. The number of rotatable bonds is 10. The largest absolute Gasteiger partial charge is 0.480 e. The van der Waals surface area contributed by atoms with Crippen LogP contribution < -0.4 is 5.32 Å². The highest BCUT2D eigenvalue weighted by Crippen LogP contribution is 2.16. The number of nitrogens with one attached hydrogen (secondary N) is 1. The van der Waals surface area contributed by atoms with Crippen molar-refractivity contribution in [2.45, 2.75) is 26.3 Å². The summed E-state index contributed by atoms with van der Waals surface area (Å²) in [6, 6.07) is 7.44. The summed E-state index contributed by atoms with van der Waals surface area (Å²) < 4.78 is 5.69. The number of nitrogens with zero attached hydrogens (tertiary/aromatic N) is 3. The van der Waals surface area contributed by atoms with Crippen molar-refractivity contribution in [2.75, 3.05) is 70.9 Å². The molecule has 1 unspecified atom stereocenters. The number of carbonyl (C=O) groups is 3. The van der Waals surface area contributed by atoms with Crippen LogP contribution in [0.4, 0.5) is 5.69 Å². The number of hydrogen-bond donors (Lipinski definition) is 4. The first-order valence-corrected chi connectivity index (χ1v) is 12.8. The average Bonchev–Trinajstić information content (AvgIpc) is 2.80. The summed E-state index contributed by atoms with van der Waals surface area (Å²) in [4.78, 5) is 40.5. The minimum atomic E-state index is -1.000. The van der Waals surface area contributed by atoms with Crippen LogP contribution in [-0.2, 0) is 25.5 Å². The molecule has 1 fully saturated rings. The Morgan fingerprint density at radius 3 is 2.08 bits per heavy atom. The van der Waals surface area contributed by atoms with Gasteiger partial charge in [0.05, 0.1) is 37.8 Å². The average molecular weight is 539 g/mol. The molecular weight excluding hydrogens is 500 g/mol. The van der Waals surface area contributed by atoms with E-state index in [0.29, 0.717) is 45.8 Å². The van der Waals surface area contributed by atoms with Crippen LogP contribution in [0.25, 0.3) is 0 Å². The number of benzene rings is 1. The Morgan fingerprint density at radius 1 is 0.919 bits per heavy atom. The predicted octanol–water partition coefficient (Wildman–Crippen LogP) is 1.18. The van der Waals surface area contributed by atoms with Gasteiger partial charge in [-0.1, -0.05) is 38.2 Å². The summed E-state index contributed by atoms with van der Waals surface area (Å²) in [5, 5.41) is 31.5. The third-order valence-electron chi connectivity index (χ3n) is 6.07. The lowest BCUT2D eigenvalue weighted by atomic mass is 10.0. The number of thiocarbonyl (C=S) groups is 1. The molecule has 0 radical (unpaired) electrons. The van der Waals surface area contributed by atoms with E-state index in [9.17, 15) is 29.7 Å². The maximum atomic E-state index is 11.7. The lowest BCUT2D eigenvalue weighted by Gasteiger charge is -2.36. The van der Waals surface area contributed by atoms with Crippen LogP contribution in [-0.4, -0.2) is 125 Å². The zero-order chi connectivity index (χ0) is 27.4. The molecule has 1 atom stereocenters. The fourth-order valence-electron chi connectivity index (χ4n) is 4.10. The van der Waals surface area contributed by atoms with Gasteiger partial charge in [-0.25, -0.2) is 0 Å². The normalized spacial score (nSPS) is 19.1. The van der Waals surface area contributed by atoms with Gasteiger partial charge in [-0.15, -0.1) is 0 Å². The van der Waals surface area contributed by atoms with Gasteiger partial charge in [-0.2, -0.15) is 0 Å². The number of aliphatic carboxylic acids is 3. The lowest BCUT2D eigenvalue weighted by molar-refractivity contribution is -0.141. The Hall–Kier alpha value is -2.64. The standard InChI is InChI=1S/C25H38N4O7S/c1-18(2)25(37)26-20-5-3-19(4-6-20)13-21-14-28(16-23(32)33)8-7-27(15-22(30)31)9-11-36-12-10-29(21)17-24(34)35/h3-6,18,21H,7-17H2,1-2H3,(H,26,37)(H,30,31)(H,32,33)(H,34,35). The first-order chi connectivity index (χ1) is 17.5. The van der Waals surface area contributed by atoms with E-state index in [1.54, 1.807) is 9.80 Å². The van der Waals surface area contributed by atoms with Crippen LogP contribution in [0.15, 0.2) is 24.3 Å². The summed E-state index contributed by atoms with van der Waals surface area (Å²) in [5.41, 5.74) is 1.83. The van der Waals surface area contributed by atoms with Gasteiger partial charge in [0.15, 0.2) is 0 Å². The van der Waals surface area contributed by atoms with Crippen LogP contribution in [0.3, 0.4) is 0 Å². The lowest BCUT2D eigenvalue weighted by Crippen LogP contribution is -2.51. The third-order valence-corrected chi connectivity index (χ3v) is 6.64. The van der Waals surface area contributed by atoms with E-state index in [4.69, 9.17) is 17.0 Å². The molecule has 2 rings (SSSR count). The van der Waals surface area contributed by atoms with E-state index in [2.05, 4.69) is 5.32 Å². The molecule has 1 heterocycles. The second-order valence-corrected chi connectivity index (χ2v) is 9.91. The molecule has 1 aliphatic rings. The van der Waals surface area contributed by atoms with Crippen molar-refractivity contribution in [3.63, 3.8) is 0 Å². The van der Waals surface area contributed by atoms with E-state index >= 15 is 0 Å². The Kier molecular flexibility index (Phi) is 12.9. The quantitative estimate of drug-likeness (QED) is 0.318. The topological polar surface area (TPSA) is 143 Å². The number of anilines is 1. The van der Waals surface area contributed by atoms with Gasteiger partial charge in [-0.05, 0) is 24.1 Å². The molecule has 12 heteroatoms. The fourth-order valence-corrected chi connectivity index (χ4v) is 4.22. The minimum Gasteiger partial charge on any atom is -0.480 e. The summed E-state index contributed by atoms with van der Waals surface area (Å²) in [7, 11) is 0. The van der Waals surface area contributed by atoms with E-state index in [0.717, 1.165) is 16.2 Å². The molecule has 0 saturated carbocycles. The predicted molar refractivity (Wildman–Crippen MR) is 143 cm³/mol. The number of carboxylic acid groups (broad SMARTS) is 3. The second kappa shape index (κ2) is 15.6. The van der Waals surface area contributed by atoms with Gasteiger partial charge in [0.2, 0.25) is 0 Å². The minimum absolute atomic E-state index is 0.167. The molecule has 1 saturated heterocycles. The van der Waals surface area contributed by atoms with Crippen LogP contribution in [0.2, 0.25) is 0 Å². The van der Waals surface area contributed by atoms with Gasteiger partial charge in [0.1, 0.15) is 0 Å². The van der Waals surface area contributed by atoms with Gasteiger partial charge in [-0.3, -0.25) is 29.1 Å². The van der Waals surface area contributed by atoms with E-state index in [-0.39, 0.29) is 38.2 Å². The Labute approximate surface area is 223 Å². The molecule has 4 N–H and O–H groups in total. The first-order valence-electron chi connectivity index (χ1n) is 12.3. The highest BCUT2D eigenvalue weighted by Gasteiger charge is 2.26. The molecule has 0 amide bonds. The van der Waals surface area contributed by atoms with Crippen molar-refractivity contribution in [3.8, 4) is 0 Å². The molecule has 1 aromatic carbocycles. The van der Waals surface area contributed by atoms with Crippen molar-refractivity contribution in [1.82, 2.24) is 14.7 Å². The smallest absolute Gasteiger partial charge is 0.317 e. The highest BCUT2D eigenvalue weighted by molar-refractivity contribution is 7.80. The molecule has 0 spiro atoms. The van der Waals surface area contributed by atoms with Gasteiger partial charge >= 0.3 is 17.9 Å². The number of hydrogen-bond acceptors (Lipinski definition) is 8. The molecule has 206 valence electrons. The van der Waals surface area contributed by atoms with Crippen LogP contribution in [0.5, 0.6) is 0 Å². The van der Waals surface area contributed by atoms with Crippen LogP contribution >= 0.6 is 12.2 Å². The number of ether oxygens (including phenoxy) is 1. The van der Waals surface area contributed by atoms with Crippen molar-refractivity contribution < 1.29 is 34.4 Å². The van der Waals surface area contributed by atoms with Crippen LogP contribution in [0, 0.1) is 5.92 Å². The molecule has 0 bridgehead atoms. The van der Waals surface area contributed by atoms with E-state index in [1.165, 1.54) is 0 Å². The molecule has 1 aliphatic heterocycles.